The van der Waals surface area contributed by atoms with E-state index in [0.29, 0.717) is 23.7 Å². The van der Waals surface area contributed by atoms with Gasteiger partial charge < -0.3 is 9.80 Å². The van der Waals surface area contributed by atoms with Crippen molar-refractivity contribution in [2.24, 2.45) is 0 Å². The highest BCUT2D eigenvalue weighted by atomic mass is 32.2. The summed E-state index contributed by atoms with van der Waals surface area (Å²) in [4.78, 5) is 15.1. The number of aryl methyl sites for hydroxylation is 3. The van der Waals surface area contributed by atoms with Gasteiger partial charge in [-0.1, -0.05) is 17.7 Å². The van der Waals surface area contributed by atoms with E-state index in [1.165, 1.54) is 0 Å². The van der Waals surface area contributed by atoms with Gasteiger partial charge in [-0.05, 0) is 56.2 Å². The zero-order chi connectivity index (χ0) is 19.6. The van der Waals surface area contributed by atoms with Crippen LogP contribution in [0.15, 0.2) is 41.3 Å². The zero-order valence-electron chi connectivity index (χ0n) is 15.9. The average molecular weight is 388 g/mol. The molecule has 1 N–H and O–H groups in total. The first-order valence-electron chi connectivity index (χ1n) is 8.95. The van der Waals surface area contributed by atoms with E-state index in [-0.39, 0.29) is 0 Å². The highest BCUT2D eigenvalue weighted by Gasteiger charge is 2.20. The number of nitrogens with zero attached hydrogens (tertiary/aromatic N) is 2. The van der Waals surface area contributed by atoms with Crippen molar-refractivity contribution in [3.05, 3.63) is 53.1 Å². The number of nitrogens with one attached hydrogen (secondary N) is 1. The summed E-state index contributed by atoms with van der Waals surface area (Å²) in [5, 5.41) is 0. The third-order valence-electron chi connectivity index (χ3n) is 4.82. The molecule has 6 nitrogen and oxygen atoms in total. The van der Waals surface area contributed by atoms with Gasteiger partial charge in [0.25, 0.3) is 10.0 Å². The molecule has 1 aliphatic rings. The summed E-state index contributed by atoms with van der Waals surface area (Å²) in [6.07, 6.45) is 0.879. The van der Waals surface area contributed by atoms with Crippen molar-refractivity contribution in [2.75, 3.05) is 35.8 Å². The molecule has 0 radical (unpaired) electrons. The summed E-state index contributed by atoms with van der Waals surface area (Å²) < 4.78 is 28.4. The van der Waals surface area contributed by atoms with Gasteiger partial charge in [0.2, 0.25) is 6.41 Å². The van der Waals surface area contributed by atoms with Crippen LogP contribution in [0.25, 0.3) is 0 Å². The topological polar surface area (TPSA) is 69.7 Å². The van der Waals surface area contributed by atoms with Crippen LogP contribution in [0.1, 0.15) is 16.7 Å². The van der Waals surface area contributed by atoms with Crippen LogP contribution in [0.4, 0.5) is 11.4 Å². The molecule has 1 aliphatic heterocycles. The van der Waals surface area contributed by atoms with E-state index in [0.717, 1.165) is 41.9 Å². The fourth-order valence-corrected chi connectivity index (χ4v) is 5.14. The number of amides is 1. The van der Waals surface area contributed by atoms with Gasteiger partial charge in [-0.2, -0.15) is 0 Å². The first kappa shape index (κ1) is 19.2. The Hall–Kier alpha value is -2.54. The third-order valence-corrected chi connectivity index (χ3v) is 6.51. The number of sulfonamides is 1. The maximum absolute atomic E-state index is 12.9. The van der Waals surface area contributed by atoms with Gasteiger partial charge in [-0.25, -0.2) is 8.42 Å². The van der Waals surface area contributed by atoms with Crippen molar-refractivity contribution in [1.29, 1.82) is 0 Å². The Morgan fingerprint density at radius 1 is 0.926 bits per heavy atom. The minimum Gasteiger partial charge on any atom is -0.368 e. The highest BCUT2D eigenvalue weighted by molar-refractivity contribution is 7.92. The number of anilines is 2. The summed E-state index contributed by atoms with van der Waals surface area (Å²) in [5.41, 5.74) is 4.08. The molecule has 0 unspecified atom stereocenters. The quantitative estimate of drug-likeness (QED) is 0.801. The number of piperazine rings is 1. The van der Waals surface area contributed by atoms with E-state index in [4.69, 9.17) is 0 Å². The molecule has 0 bridgehead atoms. The van der Waals surface area contributed by atoms with Crippen LogP contribution < -0.4 is 9.62 Å². The zero-order valence-corrected chi connectivity index (χ0v) is 16.7. The van der Waals surface area contributed by atoms with Crippen molar-refractivity contribution >= 4 is 27.8 Å². The minimum absolute atomic E-state index is 0.335. The molecular formula is C20H25N3O3S. The second kappa shape index (κ2) is 7.60. The summed E-state index contributed by atoms with van der Waals surface area (Å²) in [7, 11) is -3.65. The monoisotopic (exact) mass is 387 g/mol. The molecule has 7 heteroatoms. The molecule has 1 amide bonds. The predicted octanol–water partition coefficient (Wildman–Crippen LogP) is 2.69. The third kappa shape index (κ3) is 4.24. The molecule has 3 rings (SSSR count). The average Bonchev–Trinajstić information content (AvgIpc) is 2.61. The molecule has 2 aromatic carbocycles. The lowest BCUT2D eigenvalue weighted by molar-refractivity contribution is -0.118. The molecule has 0 atom stereocenters. The first-order valence-corrected chi connectivity index (χ1v) is 10.4. The molecule has 0 saturated carbocycles. The standard InChI is InChI=1S/C20H25N3O3S/c1-15-12-16(2)20(17(3)13-15)27(25,26)21-18-4-6-19(7-5-18)23-10-8-22(14-24)9-11-23/h4-7,12-14,21H,8-11H2,1-3H3. The SMILES string of the molecule is Cc1cc(C)c(S(=O)(=O)Nc2ccc(N3CCN(C=O)CC3)cc2)c(C)c1. The van der Waals surface area contributed by atoms with Gasteiger partial charge in [0, 0.05) is 37.6 Å². The molecule has 1 heterocycles. The predicted molar refractivity (Wildman–Crippen MR) is 108 cm³/mol. The fourth-order valence-electron chi connectivity index (χ4n) is 3.62. The second-order valence-corrected chi connectivity index (χ2v) is 8.63. The molecule has 144 valence electrons. The second-order valence-electron chi connectivity index (χ2n) is 7.01. The number of carbonyl (C=O) groups is 1. The number of carbonyl (C=O) groups excluding carboxylic acids is 1. The van der Waals surface area contributed by atoms with E-state index in [9.17, 15) is 13.2 Å². The lowest BCUT2D eigenvalue weighted by atomic mass is 10.1. The number of rotatable bonds is 5. The first-order chi connectivity index (χ1) is 12.8. The Bertz CT molecular complexity index is 908. The van der Waals surface area contributed by atoms with Crippen LogP contribution in [0.2, 0.25) is 0 Å². The van der Waals surface area contributed by atoms with E-state index in [1.54, 1.807) is 17.0 Å². The van der Waals surface area contributed by atoms with Crippen LogP contribution in [-0.2, 0) is 14.8 Å². The van der Waals surface area contributed by atoms with Crippen LogP contribution in [0.5, 0.6) is 0 Å². The molecule has 0 aromatic heterocycles. The highest BCUT2D eigenvalue weighted by Crippen LogP contribution is 2.26. The molecule has 1 fully saturated rings. The number of hydrogen-bond donors (Lipinski definition) is 1. The fraction of sp³-hybridized carbons (Fsp3) is 0.350. The summed E-state index contributed by atoms with van der Waals surface area (Å²) in [6, 6.07) is 11.1. The van der Waals surface area contributed by atoms with E-state index in [2.05, 4.69) is 9.62 Å². The van der Waals surface area contributed by atoms with Gasteiger partial charge in [0.1, 0.15) is 0 Å². The lowest BCUT2D eigenvalue weighted by Gasteiger charge is -2.34. The van der Waals surface area contributed by atoms with Crippen molar-refractivity contribution in [2.45, 2.75) is 25.7 Å². The Labute approximate surface area is 160 Å². The lowest BCUT2D eigenvalue weighted by Crippen LogP contribution is -2.45. The van der Waals surface area contributed by atoms with Crippen LogP contribution >= 0.6 is 0 Å². The summed E-state index contributed by atoms with van der Waals surface area (Å²) in [6.45, 7) is 8.52. The molecule has 0 spiro atoms. The number of hydrogen-bond acceptors (Lipinski definition) is 4. The van der Waals surface area contributed by atoms with E-state index < -0.39 is 10.0 Å². The van der Waals surface area contributed by atoms with Crippen molar-refractivity contribution in [3.8, 4) is 0 Å². The van der Waals surface area contributed by atoms with Gasteiger partial charge in [0.05, 0.1) is 4.90 Å². The molecule has 1 saturated heterocycles. The maximum atomic E-state index is 12.9. The maximum Gasteiger partial charge on any atom is 0.262 e. The smallest absolute Gasteiger partial charge is 0.262 e. The minimum atomic E-state index is -3.65. The van der Waals surface area contributed by atoms with Crippen molar-refractivity contribution in [1.82, 2.24) is 4.90 Å². The molecule has 0 aliphatic carbocycles. The van der Waals surface area contributed by atoms with Crippen LogP contribution in [0.3, 0.4) is 0 Å². The van der Waals surface area contributed by atoms with Crippen LogP contribution in [-0.4, -0.2) is 45.9 Å². The summed E-state index contributed by atoms with van der Waals surface area (Å²) >= 11 is 0. The van der Waals surface area contributed by atoms with Gasteiger partial charge in [0.15, 0.2) is 0 Å². The Morgan fingerprint density at radius 3 is 2.00 bits per heavy atom. The Kier molecular flexibility index (Phi) is 5.41. The molecule has 27 heavy (non-hydrogen) atoms. The van der Waals surface area contributed by atoms with E-state index in [1.807, 2.05) is 45.0 Å². The Morgan fingerprint density at radius 2 is 1.48 bits per heavy atom. The molecule has 2 aromatic rings. The van der Waals surface area contributed by atoms with Gasteiger partial charge in [-0.3, -0.25) is 9.52 Å². The molecular weight excluding hydrogens is 362 g/mol. The summed E-state index contributed by atoms with van der Waals surface area (Å²) in [5.74, 6) is 0. The van der Waals surface area contributed by atoms with E-state index >= 15 is 0 Å². The van der Waals surface area contributed by atoms with Crippen molar-refractivity contribution < 1.29 is 13.2 Å². The van der Waals surface area contributed by atoms with Gasteiger partial charge in [-0.15, -0.1) is 0 Å². The normalized spacial score (nSPS) is 14.9. The number of benzene rings is 2. The van der Waals surface area contributed by atoms with Crippen molar-refractivity contribution in [3.63, 3.8) is 0 Å². The van der Waals surface area contributed by atoms with Crippen LogP contribution in [0, 0.1) is 20.8 Å². The van der Waals surface area contributed by atoms with Gasteiger partial charge >= 0.3 is 0 Å². The Balaban J connectivity index is 1.76. The largest absolute Gasteiger partial charge is 0.368 e.